The fraction of sp³-hybridized carbons (Fsp3) is 0.300. The highest BCUT2D eigenvalue weighted by Crippen LogP contribution is 2.29. The molecule has 27 heavy (non-hydrogen) atoms. The molecule has 7 nitrogen and oxygen atoms in total. The first kappa shape index (κ1) is 17.4. The van der Waals surface area contributed by atoms with Crippen molar-refractivity contribution in [3.8, 4) is 0 Å². The van der Waals surface area contributed by atoms with Gasteiger partial charge < -0.3 is 5.32 Å². The number of nitrogens with one attached hydrogen (secondary N) is 1. The number of hydrogen-bond acceptors (Lipinski definition) is 5. The molecule has 1 aromatic carbocycles. The second kappa shape index (κ2) is 7.67. The number of aryl methyl sites for hydroxylation is 1. The maximum Gasteiger partial charge on any atom is 0.256 e. The molecule has 0 aliphatic heterocycles. The molecule has 1 N–H and O–H groups in total. The summed E-state index contributed by atoms with van der Waals surface area (Å²) < 4.78 is 1.55. The summed E-state index contributed by atoms with van der Waals surface area (Å²) in [6, 6.07) is 14.4. The van der Waals surface area contributed by atoms with Crippen molar-refractivity contribution in [1.82, 2.24) is 24.9 Å². The number of amides is 1. The predicted molar refractivity (Wildman–Crippen MR) is 102 cm³/mol. The van der Waals surface area contributed by atoms with E-state index in [9.17, 15) is 4.79 Å². The largest absolute Gasteiger partial charge is 0.304 e. The number of aromatic nitrogens is 4. The molecule has 2 heterocycles. The van der Waals surface area contributed by atoms with Crippen LogP contribution in [0.3, 0.4) is 0 Å². The molecule has 0 atom stereocenters. The Kier molecular flexibility index (Phi) is 4.93. The van der Waals surface area contributed by atoms with Crippen LogP contribution in [0.1, 0.15) is 34.5 Å². The summed E-state index contributed by atoms with van der Waals surface area (Å²) in [5.41, 5.74) is 2.80. The van der Waals surface area contributed by atoms with Gasteiger partial charge in [0.25, 0.3) is 5.91 Å². The highest BCUT2D eigenvalue weighted by molar-refractivity contribution is 6.03. The first-order valence-corrected chi connectivity index (χ1v) is 9.08. The van der Waals surface area contributed by atoms with Crippen LogP contribution >= 0.6 is 0 Å². The lowest BCUT2D eigenvalue weighted by atomic mass is 10.1. The lowest BCUT2D eigenvalue weighted by Crippen LogP contribution is -2.25. The monoisotopic (exact) mass is 362 g/mol. The van der Waals surface area contributed by atoms with E-state index in [1.807, 2.05) is 36.5 Å². The van der Waals surface area contributed by atoms with E-state index in [1.54, 1.807) is 17.9 Å². The zero-order valence-corrected chi connectivity index (χ0v) is 15.2. The number of benzene rings is 1. The second-order valence-electron chi connectivity index (χ2n) is 6.89. The van der Waals surface area contributed by atoms with E-state index >= 15 is 0 Å². The Morgan fingerprint density at radius 1 is 1.22 bits per heavy atom. The van der Waals surface area contributed by atoms with Gasteiger partial charge in [-0.3, -0.25) is 19.4 Å². The van der Waals surface area contributed by atoms with Crippen molar-refractivity contribution < 1.29 is 4.79 Å². The molecule has 4 rings (SSSR count). The molecule has 1 aliphatic carbocycles. The van der Waals surface area contributed by atoms with Crippen molar-refractivity contribution in [1.29, 1.82) is 0 Å². The number of carbonyl (C=O) groups is 1. The summed E-state index contributed by atoms with van der Waals surface area (Å²) in [6.45, 7) is 1.62. The van der Waals surface area contributed by atoms with E-state index < -0.39 is 0 Å². The van der Waals surface area contributed by atoms with E-state index in [2.05, 4.69) is 37.6 Å². The third kappa shape index (κ3) is 4.57. The standard InChI is InChI=1S/C20H22N6O/c1-25-14-19(23-24-25)22-20(27)16-6-4-5-15(11-16)12-26(18-8-9-18)13-17-7-2-3-10-21-17/h2-7,10-11,14,18H,8-9,12-13H2,1H3,(H,22,27). The molecular weight excluding hydrogens is 340 g/mol. The Labute approximate surface area is 158 Å². The molecule has 1 fully saturated rings. The quantitative estimate of drug-likeness (QED) is 0.699. The topological polar surface area (TPSA) is 75.9 Å². The van der Waals surface area contributed by atoms with Gasteiger partial charge in [0.05, 0.1) is 11.9 Å². The summed E-state index contributed by atoms with van der Waals surface area (Å²) in [7, 11) is 1.76. The minimum Gasteiger partial charge on any atom is -0.304 e. The number of pyridine rings is 1. The highest BCUT2D eigenvalue weighted by atomic mass is 16.1. The van der Waals surface area contributed by atoms with Crippen LogP contribution in [0.15, 0.2) is 54.9 Å². The minimum absolute atomic E-state index is 0.181. The molecular formula is C20H22N6O. The third-order valence-electron chi connectivity index (χ3n) is 4.57. The van der Waals surface area contributed by atoms with Crippen LogP contribution in [0.5, 0.6) is 0 Å². The first-order chi connectivity index (χ1) is 13.2. The normalized spacial score (nSPS) is 13.7. The Balaban J connectivity index is 1.45. The molecule has 0 radical (unpaired) electrons. The lowest BCUT2D eigenvalue weighted by Gasteiger charge is -2.22. The van der Waals surface area contributed by atoms with Crippen LogP contribution < -0.4 is 5.32 Å². The van der Waals surface area contributed by atoms with Gasteiger partial charge in [-0.25, -0.2) is 0 Å². The van der Waals surface area contributed by atoms with Gasteiger partial charge >= 0.3 is 0 Å². The maximum absolute atomic E-state index is 12.5. The van der Waals surface area contributed by atoms with E-state index in [1.165, 1.54) is 12.8 Å². The van der Waals surface area contributed by atoms with Crippen molar-refractivity contribution >= 4 is 11.7 Å². The number of rotatable bonds is 7. The smallest absolute Gasteiger partial charge is 0.256 e. The molecule has 2 aromatic heterocycles. The van der Waals surface area contributed by atoms with Crippen molar-refractivity contribution in [2.45, 2.75) is 32.0 Å². The van der Waals surface area contributed by atoms with Crippen LogP contribution in [0.25, 0.3) is 0 Å². The SMILES string of the molecule is Cn1cc(NC(=O)c2cccc(CN(Cc3ccccn3)C3CC3)c2)nn1. The first-order valence-electron chi connectivity index (χ1n) is 9.08. The number of nitrogens with zero attached hydrogens (tertiary/aromatic N) is 5. The second-order valence-corrected chi connectivity index (χ2v) is 6.89. The Bertz CT molecular complexity index is 919. The molecule has 0 saturated heterocycles. The van der Waals surface area contributed by atoms with Crippen molar-refractivity contribution in [3.05, 3.63) is 71.7 Å². The van der Waals surface area contributed by atoms with Crippen molar-refractivity contribution in [3.63, 3.8) is 0 Å². The van der Waals surface area contributed by atoms with E-state index in [0.29, 0.717) is 17.4 Å². The molecule has 0 unspecified atom stereocenters. The van der Waals surface area contributed by atoms with Gasteiger partial charge in [-0.2, -0.15) is 0 Å². The maximum atomic E-state index is 12.5. The van der Waals surface area contributed by atoms with Crippen LogP contribution in [0.2, 0.25) is 0 Å². The van der Waals surface area contributed by atoms with E-state index in [-0.39, 0.29) is 5.91 Å². The Morgan fingerprint density at radius 3 is 2.81 bits per heavy atom. The summed E-state index contributed by atoms with van der Waals surface area (Å²) >= 11 is 0. The van der Waals surface area contributed by atoms with Gasteiger partial charge in [0.2, 0.25) is 0 Å². The van der Waals surface area contributed by atoms with Gasteiger partial charge in [0.1, 0.15) is 0 Å². The summed E-state index contributed by atoms with van der Waals surface area (Å²) in [5, 5.41) is 10.5. The summed E-state index contributed by atoms with van der Waals surface area (Å²) in [6.07, 6.45) is 5.95. The van der Waals surface area contributed by atoms with Gasteiger partial charge in [-0.15, -0.1) is 5.10 Å². The zero-order chi connectivity index (χ0) is 18.6. The van der Waals surface area contributed by atoms with E-state index in [4.69, 9.17) is 0 Å². The van der Waals surface area contributed by atoms with Crippen LogP contribution in [-0.2, 0) is 20.1 Å². The van der Waals surface area contributed by atoms with Crippen LogP contribution in [-0.4, -0.2) is 36.8 Å². The third-order valence-corrected chi connectivity index (χ3v) is 4.57. The minimum atomic E-state index is -0.181. The van der Waals surface area contributed by atoms with Gasteiger partial charge in [-0.1, -0.05) is 23.4 Å². The van der Waals surface area contributed by atoms with Gasteiger partial charge in [-0.05, 0) is 42.7 Å². The van der Waals surface area contributed by atoms with E-state index in [0.717, 1.165) is 24.3 Å². The van der Waals surface area contributed by atoms with Crippen molar-refractivity contribution in [2.75, 3.05) is 5.32 Å². The average Bonchev–Trinajstić information content (AvgIpc) is 3.45. The molecule has 0 spiro atoms. The molecule has 0 bridgehead atoms. The van der Waals surface area contributed by atoms with Crippen molar-refractivity contribution in [2.24, 2.45) is 7.05 Å². The number of anilines is 1. The van der Waals surface area contributed by atoms with Gasteiger partial charge in [0, 0.05) is 37.9 Å². The number of carbonyl (C=O) groups excluding carboxylic acids is 1. The predicted octanol–water partition coefficient (Wildman–Crippen LogP) is 2.63. The molecule has 3 aromatic rings. The van der Waals surface area contributed by atoms with Crippen LogP contribution in [0, 0.1) is 0 Å². The molecule has 7 heteroatoms. The fourth-order valence-electron chi connectivity index (χ4n) is 3.09. The summed E-state index contributed by atoms with van der Waals surface area (Å²) in [5.74, 6) is 0.266. The fourth-order valence-corrected chi connectivity index (χ4v) is 3.09. The molecule has 1 aliphatic rings. The Hall–Kier alpha value is -3.06. The highest BCUT2D eigenvalue weighted by Gasteiger charge is 2.29. The number of hydrogen-bond donors (Lipinski definition) is 1. The zero-order valence-electron chi connectivity index (χ0n) is 15.2. The van der Waals surface area contributed by atoms with Crippen LogP contribution in [0.4, 0.5) is 5.82 Å². The lowest BCUT2D eigenvalue weighted by molar-refractivity contribution is 0.102. The van der Waals surface area contributed by atoms with Gasteiger partial charge in [0.15, 0.2) is 5.82 Å². The molecule has 1 amide bonds. The average molecular weight is 362 g/mol. The Morgan fingerprint density at radius 2 is 2.11 bits per heavy atom. The molecule has 138 valence electrons. The molecule has 1 saturated carbocycles. The summed E-state index contributed by atoms with van der Waals surface area (Å²) in [4.78, 5) is 19.4.